The van der Waals surface area contributed by atoms with Gasteiger partial charge in [-0.25, -0.2) is 4.79 Å². The van der Waals surface area contributed by atoms with E-state index in [0.29, 0.717) is 22.4 Å². The molecule has 4 aromatic rings. The largest absolute Gasteiger partial charge is 0.497 e. The van der Waals surface area contributed by atoms with Crippen LogP contribution < -0.4 is 19.6 Å². The standard InChI is InChI=1S/C25H20O6/c1-3-16-7-9-18(10-8-16)30-23-15-29-22-14-20(11-12-21(22)24(23)26)31-25(27)17-5-4-6-19(13-17)28-2/h4-15H,3H2,1-2H3. The smallest absolute Gasteiger partial charge is 0.343 e. The van der Waals surface area contributed by atoms with Crippen LogP contribution in [-0.4, -0.2) is 13.1 Å². The second-order valence-corrected chi connectivity index (χ2v) is 6.81. The minimum Gasteiger partial charge on any atom is -0.497 e. The minimum atomic E-state index is -0.545. The lowest BCUT2D eigenvalue weighted by molar-refractivity contribution is 0.0734. The highest BCUT2D eigenvalue weighted by Gasteiger charge is 2.13. The maximum absolute atomic E-state index is 12.8. The van der Waals surface area contributed by atoms with Crippen LogP contribution >= 0.6 is 0 Å². The molecule has 3 aromatic carbocycles. The fourth-order valence-electron chi connectivity index (χ4n) is 3.06. The highest BCUT2D eigenvalue weighted by atomic mass is 16.5. The number of hydrogen-bond acceptors (Lipinski definition) is 6. The van der Waals surface area contributed by atoms with Gasteiger partial charge in [0, 0.05) is 6.07 Å². The summed E-state index contributed by atoms with van der Waals surface area (Å²) in [7, 11) is 1.52. The van der Waals surface area contributed by atoms with Gasteiger partial charge < -0.3 is 18.6 Å². The molecule has 0 saturated carbocycles. The van der Waals surface area contributed by atoms with Crippen LogP contribution in [-0.2, 0) is 6.42 Å². The Morgan fingerprint density at radius 1 is 0.935 bits per heavy atom. The number of carbonyl (C=O) groups is 1. The van der Waals surface area contributed by atoms with Gasteiger partial charge in [0.2, 0.25) is 11.2 Å². The molecule has 0 saturated heterocycles. The molecule has 4 rings (SSSR count). The predicted molar refractivity (Wildman–Crippen MR) is 116 cm³/mol. The Labute approximate surface area is 178 Å². The molecule has 0 N–H and O–H groups in total. The molecule has 0 amide bonds. The zero-order valence-electron chi connectivity index (χ0n) is 17.1. The third-order valence-corrected chi connectivity index (χ3v) is 4.79. The molecule has 0 atom stereocenters. The van der Waals surface area contributed by atoms with E-state index in [1.807, 2.05) is 24.3 Å². The summed E-state index contributed by atoms with van der Waals surface area (Å²) >= 11 is 0. The van der Waals surface area contributed by atoms with Crippen molar-refractivity contribution in [1.82, 2.24) is 0 Å². The Balaban J connectivity index is 1.56. The van der Waals surface area contributed by atoms with Gasteiger partial charge in [-0.15, -0.1) is 0 Å². The van der Waals surface area contributed by atoms with E-state index in [1.54, 1.807) is 30.3 Å². The number of esters is 1. The molecular formula is C25H20O6. The van der Waals surface area contributed by atoms with Crippen LogP contribution in [0.1, 0.15) is 22.8 Å². The molecule has 0 unspecified atom stereocenters. The van der Waals surface area contributed by atoms with Crippen LogP contribution in [0.3, 0.4) is 0 Å². The predicted octanol–water partition coefficient (Wildman–Crippen LogP) is 5.38. The van der Waals surface area contributed by atoms with Crippen molar-refractivity contribution in [3.05, 3.63) is 94.3 Å². The van der Waals surface area contributed by atoms with Gasteiger partial charge in [0.05, 0.1) is 18.1 Å². The average Bonchev–Trinajstić information content (AvgIpc) is 2.81. The zero-order chi connectivity index (χ0) is 21.8. The van der Waals surface area contributed by atoms with Gasteiger partial charge in [-0.3, -0.25) is 4.79 Å². The molecule has 0 fully saturated rings. The number of carbonyl (C=O) groups excluding carboxylic acids is 1. The summed E-state index contributed by atoms with van der Waals surface area (Å²) in [6.45, 7) is 2.07. The fourth-order valence-corrected chi connectivity index (χ4v) is 3.06. The molecule has 0 spiro atoms. The number of rotatable bonds is 6. The lowest BCUT2D eigenvalue weighted by atomic mass is 10.2. The first-order valence-corrected chi connectivity index (χ1v) is 9.76. The van der Waals surface area contributed by atoms with Gasteiger partial charge in [-0.2, -0.15) is 0 Å². The van der Waals surface area contributed by atoms with E-state index >= 15 is 0 Å². The topological polar surface area (TPSA) is 75.0 Å². The summed E-state index contributed by atoms with van der Waals surface area (Å²) in [5.74, 6) is 0.893. The summed E-state index contributed by atoms with van der Waals surface area (Å²) in [6, 6.07) is 18.7. The van der Waals surface area contributed by atoms with Crippen LogP contribution in [0.25, 0.3) is 11.0 Å². The van der Waals surface area contributed by atoms with E-state index in [1.165, 1.54) is 31.1 Å². The minimum absolute atomic E-state index is 0.0814. The van der Waals surface area contributed by atoms with Gasteiger partial charge in [-0.1, -0.05) is 25.1 Å². The second kappa shape index (κ2) is 8.75. The van der Waals surface area contributed by atoms with Crippen molar-refractivity contribution in [2.75, 3.05) is 7.11 Å². The molecule has 31 heavy (non-hydrogen) atoms. The SMILES string of the molecule is CCc1ccc(Oc2coc3cc(OC(=O)c4cccc(OC)c4)ccc3c2=O)cc1. The van der Waals surface area contributed by atoms with Gasteiger partial charge in [0.25, 0.3) is 0 Å². The molecular weight excluding hydrogens is 396 g/mol. The Morgan fingerprint density at radius 3 is 2.45 bits per heavy atom. The number of hydrogen-bond donors (Lipinski definition) is 0. The molecule has 0 aliphatic rings. The Kier molecular flexibility index (Phi) is 5.71. The summed E-state index contributed by atoms with van der Waals surface area (Å²) in [5, 5.41) is 0.323. The molecule has 1 heterocycles. The van der Waals surface area contributed by atoms with E-state index in [-0.39, 0.29) is 22.5 Å². The van der Waals surface area contributed by atoms with Crippen molar-refractivity contribution in [3.63, 3.8) is 0 Å². The molecule has 0 bridgehead atoms. The quantitative estimate of drug-likeness (QED) is 0.310. The first-order valence-electron chi connectivity index (χ1n) is 9.76. The highest BCUT2D eigenvalue weighted by Crippen LogP contribution is 2.25. The Hall–Kier alpha value is -4.06. The van der Waals surface area contributed by atoms with Gasteiger partial charge >= 0.3 is 5.97 Å². The van der Waals surface area contributed by atoms with Crippen molar-refractivity contribution in [3.8, 4) is 23.0 Å². The van der Waals surface area contributed by atoms with Crippen LogP contribution in [0.15, 0.2) is 82.2 Å². The van der Waals surface area contributed by atoms with E-state index in [4.69, 9.17) is 18.6 Å². The Bertz CT molecular complexity index is 1290. The molecule has 6 heteroatoms. The summed E-state index contributed by atoms with van der Waals surface area (Å²) in [5.41, 5.74) is 1.49. The highest BCUT2D eigenvalue weighted by molar-refractivity contribution is 5.92. The lowest BCUT2D eigenvalue weighted by Crippen LogP contribution is -2.09. The number of benzene rings is 3. The number of methoxy groups -OCH3 is 1. The second-order valence-electron chi connectivity index (χ2n) is 6.81. The molecule has 0 radical (unpaired) electrons. The van der Waals surface area contributed by atoms with Crippen LogP contribution in [0, 0.1) is 0 Å². The van der Waals surface area contributed by atoms with Gasteiger partial charge in [-0.05, 0) is 54.4 Å². The first kappa shape index (κ1) is 20.2. The summed E-state index contributed by atoms with van der Waals surface area (Å²) < 4.78 is 21.8. The van der Waals surface area contributed by atoms with E-state index in [2.05, 4.69) is 6.92 Å². The van der Waals surface area contributed by atoms with E-state index < -0.39 is 5.97 Å². The zero-order valence-corrected chi connectivity index (χ0v) is 17.1. The van der Waals surface area contributed by atoms with Crippen molar-refractivity contribution in [1.29, 1.82) is 0 Å². The van der Waals surface area contributed by atoms with Gasteiger partial charge in [0.15, 0.2) is 0 Å². The van der Waals surface area contributed by atoms with E-state index in [9.17, 15) is 9.59 Å². The lowest BCUT2D eigenvalue weighted by Gasteiger charge is -2.08. The van der Waals surface area contributed by atoms with Crippen LogP contribution in [0.5, 0.6) is 23.0 Å². The Morgan fingerprint density at radius 2 is 1.71 bits per heavy atom. The summed E-state index contributed by atoms with van der Waals surface area (Å²) in [6.07, 6.45) is 2.18. The van der Waals surface area contributed by atoms with Crippen molar-refractivity contribution < 1.29 is 23.4 Å². The normalized spacial score (nSPS) is 10.6. The molecule has 0 aliphatic heterocycles. The van der Waals surface area contributed by atoms with Crippen LogP contribution in [0.2, 0.25) is 0 Å². The molecule has 6 nitrogen and oxygen atoms in total. The maximum Gasteiger partial charge on any atom is 0.343 e. The fraction of sp³-hybridized carbons (Fsp3) is 0.120. The van der Waals surface area contributed by atoms with Gasteiger partial charge in [0.1, 0.15) is 29.1 Å². The number of ether oxygens (including phenoxy) is 3. The monoisotopic (exact) mass is 416 g/mol. The number of aryl methyl sites for hydroxylation is 1. The molecule has 156 valence electrons. The summed E-state index contributed by atoms with van der Waals surface area (Å²) in [4.78, 5) is 25.2. The third kappa shape index (κ3) is 4.43. The maximum atomic E-state index is 12.8. The molecule has 0 aliphatic carbocycles. The first-order chi connectivity index (χ1) is 15.1. The van der Waals surface area contributed by atoms with Crippen molar-refractivity contribution >= 4 is 16.9 Å². The van der Waals surface area contributed by atoms with E-state index in [0.717, 1.165) is 6.42 Å². The number of fused-ring (bicyclic) bond motifs is 1. The third-order valence-electron chi connectivity index (χ3n) is 4.79. The van der Waals surface area contributed by atoms with Crippen molar-refractivity contribution in [2.45, 2.75) is 13.3 Å². The molecule has 1 aromatic heterocycles. The van der Waals surface area contributed by atoms with Crippen molar-refractivity contribution in [2.24, 2.45) is 0 Å². The average molecular weight is 416 g/mol. The van der Waals surface area contributed by atoms with Crippen LogP contribution in [0.4, 0.5) is 0 Å².